The summed E-state index contributed by atoms with van der Waals surface area (Å²) in [5.41, 5.74) is -4.96. The highest BCUT2D eigenvalue weighted by molar-refractivity contribution is 5.71. The average Bonchev–Trinajstić information content (AvgIpc) is 2.73. The Balaban J connectivity index is 3.18. The molecule has 6 nitrogen and oxygen atoms in total. The fraction of sp³-hybridized carbons (Fsp3) is 0.444. The summed E-state index contributed by atoms with van der Waals surface area (Å²) in [6.45, 7) is 0. The molecule has 2 aromatic rings. The second kappa shape index (κ2) is 4.11. The van der Waals surface area contributed by atoms with Crippen LogP contribution in [0.4, 0.5) is 26.3 Å². The lowest BCUT2D eigenvalue weighted by Crippen LogP contribution is -2.38. The molecule has 2 heterocycles. The van der Waals surface area contributed by atoms with Gasteiger partial charge in [0.05, 0.1) is 0 Å². The molecule has 0 atom stereocenters. The molecule has 21 heavy (non-hydrogen) atoms. The second-order valence-corrected chi connectivity index (χ2v) is 4.11. The van der Waals surface area contributed by atoms with Crippen molar-refractivity contribution in [2.45, 2.75) is 12.5 Å². The van der Waals surface area contributed by atoms with Gasteiger partial charge in [-0.1, -0.05) is 0 Å². The van der Waals surface area contributed by atoms with E-state index in [1.54, 1.807) is 0 Å². The molecule has 0 aromatic carbocycles. The largest absolute Gasteiger partial charge is 0.490 e. The van der Waals surface area contributed by atoms with Gasteiger partial charge >= 0.3 is 18.2 Å². The zero-order valence-corrected chi connectivity index (χ0v) is 10.4. The Bertz CT molecular complexity index is 837. The number of aryl methyl sites for hydroxylation is 1. The fourth-order valence-electron chi connectivity index (χ4n) is 1.83. The van der Waals surface area contributed by atoms with Gasteiger partial charge in [0.15, 0.2) is 11.2 Å². The summed E-state index contributed by atoms with van der Waals surface area (Å²) in [7, 11) is 1.77. The van der Waals surface area contributed by atoms with Gasteiger partial charge in [0.25, 0.3) is 5.56 Å². The van der Waals surface area contributed by atoms with E-state index in [0.717, 1.165) is 14.1 Å². The first-order valence-electron chi connectivity index (χ1n) is 5.20. The second-order valence-electron chi connectivity index (χ2n) is 4.11. The monoisotopic (exact) mass is 316 g/mol. The van der Waals surface area contributed by atoms with Crippen LogP contribution >= 0.6 is 0 Å². The van der Waals surface area contributed by atoms with E-state index in [0.29, 0.717) is 4.57 Å². The Labute approximate surface area is 110 Å². The van der Waals surface area contributed by atoms with E-state index in [-0.39, 0.29) is 4.57 Å². The van der Waals surface area contributed by atoms with Crippen molar-refractivity contribution in [2.24, 2.45) is 14.1 Å². The molecule has 12 heteroatoms. The third kappa shape index (κ3) is 2.10. The first-order valence-corrected chi connectivity index (χ1v) is 5.20. The summed E-state index contributed by atoms with van der Waals surface area (Å²) in [6.07, 6.45) is -11.0. The minimum Gasteiger partial charge on any atom is -0.279 e. The van der Waals surface area contributed by atoms with Crippen LogP contribution in [0.15, 0.2) is 9.59 Å². The van der Waals surface area contributed by atoms with E-state index in [4.69, 9.17) is 0 Å². The Morgan fingerprint density at radius 3 is 1.90 bits per heavy atom. The summed E-state index contributed by atoms with van der Waals surface area (Å²) in [5.74, 6) is -2.32. The lowest BCUT2D eigenvalue weighted by Gasteiger charge is -2.13. The van der Waals surface area contributed by atoms with Crippen molar-refractivity contribution in [3.05, 3.63) is 26.7 Å². The van der Waals surface area contributed by atoms with Gasteiger partial charge in [-0.3, -0.25) is 13.9 Å². The molecule has 0 spiro atoms. The van der Waals surface area contributed by atoms with Crippen LogP contribution in [0, 0.1) is 0 Å². The number of rotatable bonds is 0. The first kappa shape index (κ1) is 15.1. The molecule has 0 unspecified atom stereocenters. The lowest BCUT2D eigenvalue weighted by atomic mass is 10.5. The quantitative estimate of drug-likeness (QED) is 0.679. The minimum atomic E-state index is -5.52. The van der Waals surface area contributed by atoms with Gasteiger partial charge in [-0.05, 0) is 0 Å². The standard InChI is InChI=1S/C9H6F6N4O2/c1-17-4-3(5(20)18(2)7(17)21)19(9(13,14)15)6(16-4)8(10,11)12/h1-2H3. The molecule has 0 N–H and O–H groups in total. The highest BCUT2D eigenvalue weighted by atomic mass is 19.4. The Morgan fingerprint density at radius 1 is 0.952 bits per heavy atom. The molecule has 0 fully saturated rings. The van der Waals surface area contributed by atoms with Crippen molar-refractivity contribution in [1.82, 2.24) is 18.7 Å². The SMILES string of the molecule is Cn1c(=O)c2c(nc(C(F)(F)F)n2C(F)(F)F)n(C)c1=O. The lowest BCUT2D eigenvalue weighted by molar-refractivity contribution is -0.220. The van der Waals surface area contributed by atoms with Crippen LogP contribution in [0.5, 0.6) is 0 Å². The van der Waals surface area contributed by atoms with Crippen LogP contribution in [-0.2, 0) is 26.6 Å². The highest BCUT2D eigenvalue weighted by Gasteiger charge is 2.47. The molecular weight excluding hydrogens is 310 g/mol. The third-order valence-electron chi connectivity index (χ3n) is 2.76. The van der Waals surface area contributed by atoms with E-state index >= 15 is 0 Å². The maximum atomic E-state index is 12.9. The molecule has 0 radical (unpaired) electrons. The number of hydrogen-bond acceptors (Lipinski definition) is 3. The molecule has 0 aliphatic rings. The molecule has 0 saturated heterocycles. The number of imidazole rings is 1. The van der Waals surface area contributed by atoms with Gasteiger partial charge in [0.1, 0.15) is 0 Å². The van der Waals surface area contributed by atoms with Crippen LogP contribution < -0.4 is 11.2 Å². The normalized spacial score (nSPS) is 13.1. The van der Waals surface area contributed by atoms with Crippen molar-refractivity contribution in [1.29, 1.82) is 0 Å². The topological polar surface area (TPSA) is 61.8 Å². The van der Waals surface area contributed by atoms with E-state index in [1.165, 1.54) is 0 Å². The number of nitrogens with zero attached hydrogens (tertiary/aromatic N) is 4. The number of alkyl halides is 6. The molecule has 116 valence electrons. The summed E-state index contributed by atoms with van der Waals surface area (Å²) in [5, 5.41) is 0. The van der Waals surface area contributed by atoms with Gasteiger partial charge in [-0.15, -0.1) is 13.2 Å². The average molecular weight is 316 g/mol. The maximum Gasteiger partial charge on any atom is 0.490 e. The molecule has 0 aliphatic heterocycles. The van der Waals surface area contributed by atoms with Gasteiger partial charge in [0.2, 0.25) is 5.82 Å². The van der Waals surface area contributed by atoms with Gasteiger partial charge in [-0.2, -0.15) is 13.2 Å². The van der Waals surface area contributed by atoms with E-state index in [2.05, 4.69) is 4.98 Å². The molecular formula is C9H6F6N4O2. The Morgan fingerprint density at radius 2 is 1.48 bits per heavy atom. The predicted molar refractivity (Wildman–Crippen MR) is 56.5 cm³/mol. The van der Waals surface area contributed by atoms with E-state index in [9.17, 15) is 35.9 Å². The Hall–Kier alpha value is -2.27. The van der Waals surface area contributed by atoms with Crippen LogP contribution in [0.25, 0.3) is 11.2 Å². The van der Waals surface area contributed by atoms with Gasteiger partial charge in [-0.25, -0.2) is 14.3 Å². The van der Waals surface area contributed by atoms with E-state index in [1.807, 2.05) is 0 Å². The van der Waals surface area contributed by atoms with Crippen LogP contribution in [0.1, 0.15) is 5.82 Å². The van der Waals surface area contributed by atoms with Crippen LogP contribution in [0.3, 0.4) is 0 Å². The third-order valence-corrected chi connectivity index (χ3v) is 2.76. The van der Waals surface area contributed by atoms with Crippen molar-refractivity contribution in [3.63, 3.8) is 0 Å². The Kier molecular flexibility index (Phi) is 2.96. The number of hydrogen-bond donors (Lipinski definition) is 0. The summed E-state index contributed by atoms with van der Waals surface area (Å²) < 4.78 is 76.3. The number of aromatic nitrogens is 4. The van der Waals surface area contributed by atoms with Crippen LogP contribution in [0.2, 0.25) is 0 Å². The molecule has 0 saturated carbocycles. The van der Waals surface area contributed by atoms with Crippen molar-refractivity contribution in [2.75, 3.05) is 0 Å². The zero-order valence-electron chi connectivity index (χ0n) is 10.4. The number of fused-ring (bicyclic) bond motifs is 1. The highest BCUT2D eigenvalue weighted by Crippen LogP contribution is 2.36. The van der Waals surface area contributed by atoms with Gasteiger partial charge < -0.3 is 0 Å². The van der Waals surface area contributed by atoms with Crippen molar-refractivity contribution >= 4 is 11.2 Å². The fourth-order valence-corrected chi connectivity index (χ4v) is 1.83. The summed E-state index contributed by atoms with van der Waals surface area (Å²) in [4.78, 5) is 26.0. The first-order chi connectivity index (χ1) is 9.37. The number of halogens is 6. The van der Waals surface area contributed by atoms with Gasteiger partial charge in [0, 0.05) is 14.1 Å². The van der Waals surface area contributed by atoms with Crippen LogP contribution in [-0.4, -0.2) is 18.7 Å². The van der Waals surface area contributed by atoms with E-state index < -0.39 is 45.3 Å². The van der Waals surface area contributed by atoms with Crippen molar-refractivity contribution in [3.8, 4) is 0 Å². The van der Waals surface area contributed by atoms with Crippen molar-refractivity contribution < 1.29 is 26.3 Å². The zero-order chi connectivity index (χ0) is 16.3. The molecule has 2 rings (SSSR count). The molecule has 0 amide bonds. The maximum absolute atomic E-state index is 12.9. The summed E-state index contributed by atoms with van der Waals surface area (Å²) in [6, 6.07) is 0. The molecule has 0 bridgehead atoms. The smallest absolute Gasteiger partial charge is 0.279 e. The molecule has 2 aromatic heterocycles. The minimum absolute atomic E-state index is 0.270. The summed E-state index contributed by atoms with van der Waals surface area (Å²) >= 11 is 0. The predicted octanol–water partition coefficient (Wildman–Crippen LogP) is 0.929. The molecule has 0 aliphatic carbocycles.